The molecule has 0 amide bonds. The summed E-state index contributed by atoms with van der Waals surface area (Å²) in [4.78, 5) is 2.58. The molecule has 0 bridgehead atoms. The molecule has 162 valence electrons. The highest BCUT2D eigenvalue weighted by atomic mass is 32.2. The molecule has 6 heteroatoms. The van der Waals surface area contributed by atoms with Gasteiger partial charge in [-0.2, -0.15) is 11.3 Å². The first kappa shape index (κ1) is 20.9. The second-order valence-corrected chi connectivity index (χ2v) is 10.6. The highest BCUT2D eigenvalue weighted by molar-refractivity contribution is 7.89. The van der Waals surface area contributed by atoms with E-state index in [1.165, 1.54) is 16.8 Å². The van der Waals surface area contributed by atoms with Gasteiger partial charge < -0.3 is 4.90 Å². The van der Waals surface area contributed by atoms with Crippen molar-refractivity contribution in [3.8, 4) is 11.1 Å². The molecule has 1 aliphatic rings. The van der Waals surface area contributed by atoms with Crippen molar-refractivity contribution >= 4 is 27.0 Å². The van der Waals surface area contributed by atoms with E-state index < -0.39 is 10.0 Å². The predicted molar refractivity (Wildman–Crippen MR) is 132 cm³/mol. The van der Waals surface area contributed by atoms with Gasteiger partial charge in [0.05, 0.1) is 4.90 Å². The van der Waals surface area contributed by atoms with Gasteiger partial charge in [-0.3, -0.25) is 0 Å². The van der Waals surface area contributed by atoms with Crippen molar-refractivity contribution in [1.29, 1.82) is 0 Å². The molecule has 0 aliphatic carbocycles. The summed E-state index contributed by atoms with van der Waals surface area (Å²) >= 11 is 1.68. The van der Waals surface area contributed by atoms with Crippen molar-refractivity contribution in [2.24, 2.45) is 0 Å². The minimum atomic E-state index is -3.59. The van der Waals surface area contributed by atoms with Gasteiger partial charge >= 0.3 is 0 Å². The largest absolute Gasteiger partial charge is 0.365 e. The Labute approximate surface area is 193 Å². The molecule has 4 nitrogen and oxygen atoms in total. The fraction of sp³-hybridized carbons (Fsp3) is 0.154. The summed E-state index contributed by atoms with van der Waals surface area (Å²) in [5.41, 5.74) is 5.89. The Kier molecular flexibility index (Phi) is 5.83. The number of anilines is 1. The number of thiophene rings is 1. The molecule has 1 atom stereocenters. The van der Waals surface area contributed by atoms with Gasteiger partial charge in [0.2, 0.25) is 10.0 Å². The maximum atomic E-state index is 13.0. The van der Waals surface area contributed by atoms with Crippen LogP contribution in [0, 0.1) is 0 Å². The van der Waals surface area contributed by atoms with Gasteiger partial charge in [-0.1, -0.05) is 54.6 Å². The van der Waals surface area contributed by atoms with E-state index in [0.717, 1.165) is 17.7 Å². The molecule has 1 aromatic heterocycles. The maximum absolute atomic E-state index is 13.0. The van der Waals surface area contributed by atoms with E-state index in [1.54, 1.807) is 35.6 Å². The topological polar surface area (TPSA) is 49.4 Å². The number of hydrogen-bond donors (Lipinski definition) is 1. The molecule has 32 heavy (non-hydrogen) atoms. The van der Waals surface area contributed by atoms with Crippen LogP contribution in [0.2, 0.25) is 0 Å². The fourth-order valence-corrected chi connectivity index (χ4v) is 6.19. The SMILES string of the molecule is O=S(=O)(NC1Cc2cc(-c3ccsc3)ccc2N(Cc2ccccc2)C1)c1ccccc1. The lowest BCUT2D eigenvalue weighted by molar-refractivity contribution is 0.524. The van der Waals surface area contributed by atoms with E-state index >= 15 is 0 Å². The van der Waals surface area contributed by atoms with Gasteiger partial charge in [0.1, 0.15) is 0 Å². The van der Waals surface area contributed by atoms with Crippen molar-refractivity contribution in [1.82, 2.24) is 4.72 Å². The normalized spacial score (nSPS) is 16.0. The second kappa shape index (κ2) is 8.90. The molecule has 0 saturated carbocycles. The van der Waals surface area contributed by atoms with Crippen molar-refractivity contribution in [3.63, 3.8) is 0 Å². The van der Waals surface area contributed by atoms with Crippen LogP contribution in [0.25, 0.3) is 11.1 Å². The highest BCUT2D eigenvalue weighted by Crippen LogP contribution is 2.33. The first-order valence-electron chi connectivity index (χ1n) is 10.6. The van der Waals surface area contributed by atoms with E-state index in [1.807, 2.05) is 24.3 Å². The minimum Gasteiger partial charge on any atom is -0.365 e. The van der Waals surface area contributed by atoms with Crippen LogP contribution in [-0.2, 0) is 23.0 Å². The molecule has 1 aliphatic heterocycles. The summed E-state index contributed by atoms with van der Waals surface area (Å²) in [5.74, 6) is 0. The standard InChI is InChI=1S/C26H24N2O2S2/c29-32(30,25-9-5-2-6-10-25)27-24-16-23-15-21(22-13-14-31-19-22)11-12-26(23)28(18-24)17-20-7-3-1-4-8-20/h1-15,19,24,27H,16-18H2. The zero-order valence-corrected chi connectivity index (χ0v) is 19.1. The number of benzene rings is 3. The van der Waals surface area contributed by atoms with Gasteiger partial charge in [0.15, 0.2) is 0 Å². The number of hydrogen-bond acceptors (Lipinski definition) is 4. The lowest BCUT2D eigenvalue weighted by atomic mass is 9.94. The molecular weight excluding hydrogens is 436 g/mol. The molecule has 5 rings (SSSR count). The molecule has 0 saturated heterocycles. The van der Waals surface area contributed by atoms with Gasteiger partial charge in [-0.25, -0.2) is 13.1 Å². The number of rotatable bonds is 6. The Balaban J connectivity index is 1.47. The molecule has 0 fully saturated rings. The molecule has 0 spiro atoms. The van der Waals surface area contributed by atoms with Crippen molar-refractivity contribution in [3.05, 3.63) is 107 Å². The Morgan fingerprint density at radius 2 is 1.66 bits per heavy atom. The predicted octanol–water partition coefficient (Wildman–Crippen LogP) is 5.32. The summed E-state index contributed by atoms with van der Waals surface area (Å²) in [5, 5.41) is 4.22. The van der Waals surface area contributed by atoms with Crippen LogP contribution in [0.5, 0.6) is 0 Å². The third-order valence-corrected chi connectivity index (χ3v) is 7.99. The van der Waals surface area contributed by atoms with Crippen LogP contribution in [0.3, 0.4) is 0 Å². The second-order valence-electron chi connectivity index (χ2n) is 8.06. The fourth-order valence-electron chi connectivity index (χ4n) is 4.28. The third kappa shape index (κ3) is 4.48. The smallest absolute Gasteiger partial charge is 0.240 e. The summed E-state index contributed by atoms with van der Waals surface area (Å²) in [6, 6.07) is 27.3. The summed E-state index contributed by atoms with van der Waals surface area (Å²) in [6.07, 6.45) is 0.657. The zero-order chi connectivity index (χ0) is 22.0. The Bertz CT molecular complexity index is 1290. The van der Waals surface area contributed by atoms with Crippen molar-refractivity contribution in [2.75, 3.05) is 11.4 Å². The van der Waals surface area contributed by atoms with E-state index in [-0.39, 0.29) is 6.04 Å². The summed E-state index contributed by atoms with van der Waals surface area (Å²) in [6.45, 7) is 1.35. The first-order chi connectivity index (χ1) is 15.6. The van der Waals surface area contributed by atoms with Gasteiger partial charge in [0.25, 0.3) is 0 Å². The highest BCUT2D eigenvalue weighted by Gasteiger charge is 2.28. The lowest BCUT2D eigenvalue weighted by Gasteiger charge is -2.36. The first-order valence-corrected chi connectivity index (χ1v) is 13.0. The number of sulfonamides is 1. The van der Waals surface area contributed by atoms with E-state index in [2.05, 4.69) is 56.8 Å². The molecule has 1 N–H and O–H groups in total. The van der Waals surface area contributed by atoms with Crippen LogP contribution in [-0.4, -0.2) is 21.0 Å². The van der Waals surface area contributed by atoms with Crippen molar-refractivity contribution < 1.29 is 8.42 Å². The van der Waals surface area contributed by atoms with Crippen LogP contribution >= 0.6 is 11.3 Å². The Hall–Kier alpha value is -2.93. The van der Waals surface area contributed by atoms with E-state index in [4.69, 9.17) is 0 Å². The monoisotopic (exact) mass is 460 g/mol. The molecule has 2 heterocycles. The molecule has 0 radical (unpaired) electrons. The molecular formula is C26H24N2O2S2. The Morgan fingerprint density at radius 3 is 2.38 bits per heavy atom. The van der Waals surface area contributed by atoms with Gasteiger partial charge in [-0.15, -0.1) is 0 Å². The number of fused-ring (bicyclic) bond motifs is 1. The summed E-state index contributed by atoms with van der Waals surface area (Å²) < 4.78 is 29.0. The third-order valence-electron chi connectivity index (χ3n) is 5.77. The van der Waals surface area contributed by atoms with Crippen LogP contribution < -0.4 is 9.62 Å². The lowest BCUT2D eigenvalue weighted by Crippen LogP contribution is -2.48. The number of nitrogens with one attached hydrogen (secondary N) is 1. The molecule has 4 aromatic rings. The Morgan fingerprint density at radius 1 is 0.906 bits per heavy atom. The van der Waals surface area contributed by atoms with Crippen LogP contribution in [0.15, 0.2) is 101 Å². The van der Waals surface area contributed by atoms with E-state index in [0.29, 0.717) is 17.9 Å². The minimum absolute atomic E-state index is 0.214. The van der Waals surface area contributed by atoms with Crippen LogP contribution in [0.1, 0.15) is 11.1 Å². The maximum Gasteiger partial charge on any atom is 0.240 e. The molecule has 1 unspecified atom stereocenters. The average Bonchev–Trinajstić information content (AvgIpc) is 3.35. The number of nitrogens with zero attached hydrogens (tertiary/aromatic N) is 1. The van der Waals surface area contributed by atoms with Crippen molar-refractivity contribution in [2.45, 2.75) is 23.9 Å². The average molecular weight is 461 g/mol. The van der Waals surface area contributed by atoms with Crippen LogP contribution in [0.4, 0.5) is 5.69 Å². The van der Waals surface area contributed by atoms with E-state index in [9.17, 15) is 8.42 Å². The zero-order valence-electron chi connectivity index (χ0n) is 17.5. The van der Waals surface area contributed by atoms with Gasteiger partial charge in [-0.05, 0) is 69.8 Å². The quantitative estimate of drug-likeness (QED) is 0.423. The molecule has 3 aromatic carbocycles. The summed E-state index contributed by atoms with van der Waals surface area (Å²) in [7, 11) is -3.59. The van der Waals surface area contributed by atoms with Gasteiger partial charge in [0, 0.05) is 24.8 Å².